The van der Waals surface area contributed by atoms with E-state index in [2.05, 4.69) is 23.7 Å². The van der Waals surface area contributed by atoms with E-state index in [1.807, 2.05) is 27.8 Å². The molecule has 186 valence electrons. The van der Waals surface area contributed by atoms with E-state index in [1.54, 1.807) is 11.0 Å². The molecule has 8 heteroatoms. The van der Waals surface area contributed by atoms with E-state index in [4.69, 9.17) is 0 Å². The Hall–Kier alpha value is -2.37. The molecule has 7 nitrogen and oxygen atoms in total. The van der Waals surface area contributed by atoms with E-state index in [1.165, 1.54) is 4.90 Å². The number of hydrogen-bond donors (Lipinski definition) is 1. The highest BCUT2D eigenvalue weighted by molar-refractivity contribution is 7.15. The Morgan fingerprint density at radius 2 is 1.74 bits per heavy atom. The van der Waals surface area contributed by atoms with Crippen molar-refractivity contribution in [1.82, 2.24) is 9.80 Å². The lowest BCUT2D eigenvalue weighted by Gasteiger charge is -2.35. The van der Waals surface area contributed by atoms with Gasteiger partial charge in [0, 0.05) is 37.5 Å². The van der Waals surface area contributed by atoms with Gasteiger partial charge in [-0.25, -0.2) is 4.79 Å². The summed E-state index contributed by atoms with van der Waals surface area (Å²) in [5, 5.41) is 9.92. The summed E-state index contributed by atoms with van der Waals surface area (Å²) >= 11 is 1.07. The van der Waals surface area contributed by atoms with Crippen LogP contribution < -0.4 is 4.90 Å². The molecule has 1 aliphatic carbocycles. The van der Waals surface area contributed by atoms with Crippen molar-refractivity contribution in [3.05, 3.63) is 15.8 Å². The fraction of sp³-hybridized carbons (Fsp3) is 0.654. The fourth-order valence-electron chi connectivity index (χ4n) is 4.35. The number of nitrogens with zero attached hydrogens (tertiary/aromatic N) is 3. The molecule has 1 aromatic rings. The first-order chi connectivity index (χ1) is 15.9. The van der Waals surface area contributed by atoms with Crippen molar-refractivity contribution in [2.75, 3.05) is 44.7 Å². The zero-order valence-corrected chi connectivity index (χ0v) is 21.8. The molecule has 1 aliphatic heterocycles. The Balaban J connectivity index is 1.94. The number of anilines is 1. The number of hydrogen-bond acceptors (Lipinski definition) is 5. The van der Waals surface area contributed by atoms with Gasteiger partial charge in [0.2, 0.25) is 11.8 Å². The second kappa shape index (κ2) is 10.9. The van der Waals surface area contributed by atoms with Gasteiger partial charge in [-0.1, -0.05) is 18.8 Å². The van der Waals surface area contributed by atoms with Crippen molar-refractivity contribution in [1.29, 1.82) is 0 Å². The van der Waals surface area contributed by atoms with E-state index in [9.17, 15) is 19.5 Å². The average Bonchev–Trinajstić information content (AvgIpc) is 3.20. The van der Waals surface area contributed by atoms with Crippen molar-refractivity contribution < 1.29 is 19.5 Å². The van der Waals surface area contributed by atoms with Gasteiger partial charge >= 0.3 is 5.97 Å². The molecule has 2 aliphatic rings. The van der Waals surface area contributed by atoms with Crippen LogP contribution in [0.25, 0.3) is 0 Å². The Kier molecular flexibility index (Phi) is 8.43. The number of carboxylic acids is 1. The number of piperazine rings is 1. The molecule has 0 radical (unpaired) electrons. The van der Waals surface area contributed by atoms with Crippen molar-refractivity contribution in [2.45, 2.75) is 53.4 Å². The second-order valence-electron chi connectivity index (χ2n) is 10.7. The third-order valence-corrected chi connectivity index (χ3v) is 7.57. The SMILES string of the molecule is CN1CCN(C(=O)CN(c2cc(C#CC(C)(C)C)sc2C(=O)O)C(=O)[C@H]2CC[C@H](C)CC2)CC1. The van der Waals surface area contributed by atoms with E-state index in [0.717, 1.165) is 50.1 Å². The first-order valence-electron chi connectivity index (χ1n) is 12.1. The molecule has 3 rings (SSSR count). The minimum absolute atomic E-state index is 0.0573. The summed E-state index contributed by atoms with van der Waals surface area (Å²) in [5.41, 5.74) is 0.0565. The van der Waals surface area contributed by atoms with Crippen LogP contribution in [0.3, 0.4) is 0 Å². The summed E-state index contributed by atoms with van der Waals surface area (Å²) in [6, 6.07) is 1.67. The highest BCUT2D eigenvalue weighted by atomic mass is 32.1. The van der Waals surface area contributed by atoms with Crippen LogP contribution >= 0.6 is 11.3 Å². The largest absolute Gasteiger partial charge is 0.477 e. The normalized spacial score (nSPS) is 21.5. The lowest BCUT2D eigenvalue weighted by atomic mass is 9.82. The maximum absolute atomic E-state index is 13.7. The monoisotopic (exact) mass is 487 g/mol. The maximum atomic E-state index is 13.7. The molecule has 1 N–H and O–H groups in total. The van der Waals surface area contributed by atoms with Crippen LogP contribution in [-0.2, 0) is 9.59 Å². The quantitative estimate of drug-likeness (QED) is 0.640. The molecule has 0 unspecified atom stereocenters. The van der Waals surface area contributed by atoms with Gasteiger partial charge in [0.25, 0.3) is 0 Å². The van der Waals surface area contributed by atoms with Gasteiger partial charge in [0.15, 0.2) is 0 Å². The van der Waals surface area contributed by atoms with E-state index < -0.39 is 5.97 Å². The number of carboxylic acid groups (broad SMARTS) is 1. The van der Waals surface area contributed by atoms with Crippen LogP contribution in [0.15, 0.2) is 6.07 Å². The number of thiophene rings is 1. The smallest absolute Gasteiger partial charge is 0.348 e. The summed E-state index contributed by atoms with van der Waals surface area (Å²) in [6.45, 7) is 10.8. The van der Waals surface area contributed by atoms with Gasteiger partial charge in [-0.05, 0) is 65.5 Å². The lowest BCUT2D eigenvalue weighted by molar-refractivity contribution is -0.133. The molecule has 1 aromatic heterocycles. The molecule has 1 saturated heterocycles. The number of carbonyl (C=O) groups excluding carboxylic acids is 2. The Labute approximate surface area is 207 Å². The maximum Gasteiger partial charge on any atom is 0.348 e. The highest BCUT2D eigenvalue weighted by Crippen LogP contribution is 2.35. The zero-order chi connectivity index (χ0) is 25.0. The third kappa shape index (κ3) is 6.83. The molecule has 2 fully saturated rings. The second-order valence-corrected chi connectivity index (χ2v) is 11.7. The van der Waals surface area contributed by atoms with Crippen LogP contribution in [0.1, 0.15) is 67.9 Å². The van der Waals surface area contributed by atoms with Gasteiger partial charge in [-0.15, -0.1) is 11.3 Å². The molecule has 0 atom stereocenters. The summed E-state index contributed by atoms with van der Waals surface area (Å²) in [6.07, 6.45) is 3.47. The van der Waals surface area contributed by atoms with Gasteiger partial charge < -0.3 is 19.8 Å². The molecule has 2 heterocycles. The van der Waals surface area contributed by atoms with Crippen molar-refractivity contribution in [2.24, 2.45) is 17.3 Å². The minimum atomic E-state index is -1.11. The van der Waals surface area contributed by atoms with E-state index >= 15 is 0 Å². The molecule has 0 aromatic carbocycles. The lowest BCUT2D eigenvalue weighted by Crippen LogP contribution is -2.51. The van der Waals surface area contributed by atoms with Gasteiger partial charge in [0.05, 0.1) is 10.6 Å². The molecule has 0 spiro atoms. The van der Waals surface area contributed by atoms with E-state index in [-0.39, 0.29) is 34.6 Å². The predicted octanol–water partition coefficient (Wildman–Crippen LogP) is 3.78. The summed E-state index contributed by atoms with van der Waals surface area (Å²) < 4.78 is 0. The van der Waals surface area contributed by atoms with Gasteiger partial charge in [-0.2, -0.15) is 0 Å². The van der Waals surface area contributed by atoms with Gasteiger partial charge in [-0.3, -0.25) is 9.59 Å². The van der Waals surface area contributed by atoms with Crippen LogP contribution in [0, 0.1) is 29.1 Å². The summed E-state index contributed by atoms with van der Waals surface area (Å²) in [4.78, 5) is 45.1. The zero-order valence-electron chi connectivity index (χ0n) is 21.0. The van der Waals surface area contributed by atoms with Crippen molar-refractivity contribution in [3.63, 3.8) is 0 Å². The number of aromatic carboxylic acids is 1. The molecule has 0 bridgehead atoms. The Morgan fingerprint density at radius 3 is 2.29 bits per heavy atom. The highest BCUT2D eigenvalue weighted by Gasteiger charge is 2.34. The first-order valence-corrected chi connectivity index (χ1v) is 12.9. The molecule has 1 saturated carbocycles. The van der Waals surface area contributed by atoms with Crippen molar-refractivity contribution in [3.8, 4) is 11.8 Å². The average molecular weight is 488 g/mol. The molecule has 2 amide bonds. The van der Waals surface area contributed by atoms with E-state index in [0.29, 0.717) is 29.6 Å². The minimum Gasteiger partial charge on any atom is -0.477 e. The Bertz CT molecular complexity index is 968. The predicted molar refractivity (Wildman–Crippen MR) is 135 cm³/mol. The number of likely N-dealkylation sites (N-methyl/N-ethyl adjacent to an activating group) is 1. The first kappa shape index (κ1) is 26.2. The fourth-order valence-corrected chi connectivity index (χ4v) is 5.20. The van der Waals surface area contributed by atoms with Crippen LogP contribution in [0.2, 0.25) is 0 Å². The van der Waals surface area contributed by atoms with Crippen LogP contribution in [0.5, 0.6) is 0 Å². The molecule has 34 heavy (non-hydrogen) atoms. The number of amides is 2. The molecular weight excluding hydrogens is 450 g/mol. The van der Waals surface area contributed by atoms with Crippen molar-refractivity contribution >= 4 is 34.8 Å². The van der Waals surface area contributed by atoms with Crippen LogP contribution in [-0.4, -0.2) is 72.5 Å². The number of rotatable bonds is 5. The number of carbonyl (C=O) groups is 3. The van der Waals surface area contributed by atoms with Gasteiger partial charge in [0.1, 0.15) is 11.4 Å². The topological polar surface area (TPSA) is 81.2 Å². The molecular formula is C26H37N3O4S. The third-order valence-electron chi connectivity index (χ3n) is 6.54. The summed E-state index contributed by atoms with van der Waals surface area (Å²) in [7, 11) is 2.02. The summed E-state index contributed by atoms with van der Waals surface area (Å²) in [5.74, 6) is 5.20. The standard InChI is InChI=1S/C26H37N3O4S/c1-18-6-8-19(9-7-18)24(31)29(17-22(30)28-14-12-27(5)13-15-28)21-16-20(10-11-26(2,3)4)34-23(21)25(32)33/h16,18-19H,6-9,12-15,17H2,1-5H3,(H,32,33)/t18-,19-. The van der Waals surface area contributed by atoms with Crippen LogP contribution in [0.4, 0.5) is 5.69 Å². The Morgan fingerprint density at radius 1 is 1.12 bits per heavy atom.